The molecule has 1 heterocycles. The van der Waals surface area contributed by atoms with Crippen LogP contribution in [0.15, 0.2) is 6.07 Å². The van der Waals surface area contributed by atoms with Gasteiger partial charge >= 0.3 is 0 Å². The number of fused-ring (bicyclic) bond motifs is 2. The summed E-state index contributed by atoms with van der Waals surface area (Å²) in [4.78, 5) is 4.81. The lowest BCUT2D eigenvalue weighted by Gasteiger charge is -2.25. The topological polar surface area (TPSA) is 38.9 Å². The van der Waals surface area contributed by atoms with E-state index >= 15 is 0 Å². The summed E-state index contributed by atoms with van der Waals surface area (Å²) in [5.41, 5.74) is 11.6. The molecule has 0 amide bonds. The predicted octanol–water partition coefficient (Wildman–Crippen LogP) is 2.30. The van der Waals surface area contributed by atoms with Gasteiger partial charge in [-0.25, -0.2) is 0 Å². The van der Waals surface area contributed by atoms with Crippen molar-refractivity contribution in [1.29, 1.82) is 0 Å². The molecule has 3 rings (SSSR count). The van der Waals surface area contributed by atoms with Gasteiger partial charge in [0.2, 0.25) is 0 Å². The lowest BCUT2D eigenvalue weighted by Crippen LogP contribution is -2.21. The smallest absolute Gasteiger partial charge is 0.0606 e. The molecule has 0 saturated carbocycles. The van der Waals surface area contributed by atoms with Crippen LogP contribution in [0.25, 0.3) is 0 Å². The van der Waals surface area contributed by atoms with Crippen LogP contribution in [0, 0.1) is 0 Å². The zero-order valence-electron chi connectivity index (χ0n) is 9.13. The molecule has 0 aliphatic heterocycles. The van der Waals surface area contributed by atoms with Crippen molar-refractivity contribution in [3.8, 4) is 0 Å². The molecule has 2 heteroatoms. The second-order valence-electron chi connectivity index (χ2n) is 4.84. The van der Waals surface area contributed by atoms with Crippen LogP contribution in [0.3, 0.4) is 0 Å². The van der Waals surface area contributed by atoms with E-state index in [0.717, 1.165) is 12.8 Å². The first-order valence-corrected chi connectivity index (χ1v) is 6.12. The molecule has 15 heavy (non-hydrogen) atoms. The number of nitrogens with two attached hydrogens (primary N) is 1. The van der Waals surface area contributed by atoms with E-state index in [4.69, 9.17) is 10.7 Å². The third-order valence-corrected chi connectivity index (χ3v) is 3.73. The molecule has 1 aromatic heterocycles. The molecule has 0 saturated heterocycles. The summed E-state index contributed by atoms with van der Waals surface area (Å²) >= 11 is 0. The number of nitrogens with zero attached hydrogens (tertiary/aromatic N) is 1. The van der Waals surface area contributed by atoms with Crippen molar-refractivity contribution in [3.05, 3.63) is 28.6 Å². The van der Waals surface area contributed by atoms with Crippen molar-refractivity contribution in [2.45, 2.75) is 51.0 Å². The Bertz CT molecular complexity index is 384. The van der Waals surface area contributed by atoms with Gasteiger partial charge in [0, 0.05) is 11.7 Å². The van der Waals surface area contributed by atoms with Crippen molar-refractivity contribution in [1.82, 2.24) is 4.98 Å². The fraction of sp³-hybridized carbons (Fsp3) is 0.615. The fourth-order valence-electron chi connectivity index (χ4n) is 2.87. The summed E-state index contributed by atoms with van der Waals surface area (Å²) in [7, 11) is 0. The van der Waals surface area contributed by atoms with Crippen LogP contribution < -0.4 is 5.73 Å². The van der Waals surface area contributed by atoms with E-state index in [1.807, 2.05) is 0 Å². The van der Waals surface area contributed by atoms with Crippen molar-refractivity contribution < 1.29 is 0 Å². The Morgan fingerprint density at radius 1 is 1.07 bits per heavy atom. The first kappa shape index (κ1) is 9.34. The first-order valence-electron chi connectivity index (χ1n) is 6.12. The van der Waals surface area contributed by atoms with Gasteiger partial charge in [-0.05, 0) is 56.1 Å². The second-order valence-corrected chi connectivity index (χ2v) is 4.84. The Balaban J connectivity index is 2.08. The molecule has 1 aromatic rings. The van der Waals surface area contributed by atoms with Gasteiger partial charge in [-0.2, -0.15) is 0 Å². The standard InChI is InChI=1S/C13H18N2/c14-11-6-3-5-10-8-9-4-1-2-7-12(9)15-13(10)11/h8,11H,1-7,14H2. The molecule has 2 nitrogen and oxygen atoms in total. The molecule has 0 spiro atoms. The molecule has 0 aromatic carbocycles. The summed E-state index contributed by atoms with van der Waals surface area (Å²) in [6.07, 6.45) is 8.55. The molecule has 2 N–H and O–H groups in total. The fourth-order valence-corrected chi connectivity index (χ4v) is 2.87. The predicted molar refractivity (Wildman–Crippen MR) is 60.7 cm³/mol. The molecular weight excluding hydrogens is 184 g/mol. The molecule has 80 valence electrons. The van der Waals surface area contributed by atoms with Gasteiger partial charge in [0.05, 0.1) is 5.69 Å². The van der Waals surface area contributed by atoms with Gasteiger partial charge < -0.3 is 5.73 Å². The average Bonchev–Trinajstić information content (AvgIpc) is 2.27. The Morgan fingerprint density at radius 2 is 1.87 bits per heavy atom. The monoisotopic (exact) mass is 202 g/mol. The largest absolute Gasteiger partial charge is 0.323 e. The number of aryl methyl sites for hydroxylation is 3. The summed E-state index contributed by atoms with van der Waals surface area (Å²) < 4.78 is 0. The Morgan fingerprint density at radius 3 is 2.80 bits per heavy atom. The molecule has 0 radical (unpaired) electrons. The highest BCUT2D eigenvalue weighted by molar-refractivity contribution is 5.35. The van der Waals surface area contributed by atoms with E-state index < -0.39 is 0 Å². The maximum atomic E-state index is 6.12. The van der Waals surface area contributed by atoms with Gasteiger partial charge in [-0.15, -0.1) is 0 Å². The number of rotatable bonds is 0. The normalized spacial score (nSPS) is 24.5. The van der Waals surface area contributed by atoms with E-state index in [-0.39, 0.29) is 6.04 Å². The summed E-state index contributed by atoms with van der Waals surface area (Å²) in [5.74, 6) is 0. The van der Waals surface area contributed by atoms with Crippen LogP contribution >= 0.6 is 0 Å². The Kier molecular flexibility index (Phi) is 2.24. The highest BCUT2D eigenvalue weighted by Crippen LogP contribution is 2.30. The van der Waals surface area contributed by atoms with E-state index in [9.17, 15) is 0 Å². The highest BCUT2D eigenvalue weighted by Gasteiger charge is 2.21. The minimum absolute atomic E-state index is 0.195. The third kappa shape index (κ3) is 1.57. The van der Waals surface area contributed by atoms with Crippen molar-refractivity contribution in [2.24, 2.45) is 5.73 Å². The van der Waals surface area contributed by atoms with Crippen molar-refractivity contribution in [2.75, 3.05) is 0 Å². The van der Waals surface area contributed by atoms with E-state index in [0.29, 0.717) is 0 Å². The zero-order chi connectivity index (χ0) is 10.3. The third-order valence-electron chi connectivity index (χ3n) is 3.73. The van der Waals surface area contributed by atoms with E-state index in [2.05, 4.69) is 6.07 Å². The van der Waals surface area contributed by atoms with Crippen LogP contribution in [0.1, 0.15) is 54.2 Å². The quantitative estimate of drug-likeness (QED) is 0.701. The molecular formula is C13H18N2. The van der Waals surface area contributed by atoms with Crippen LogP contribution in [-0.4, -0.2) is 4.98 Å². The van der Waals surface area contributed by atoms with Crippen LogP contribution in [0.5, 0.6) is 0 Å². The van der Waals surface area contributed by atoms with E-state index in [1.165, 1.54) is 54.6 Å². The number of pyridine rings is 1. The molecule has 1 unspecified atom stereocenters. The maximum Gasteiger partial charge on any atom is 0.0606 e. The number of aromatic nitrogens is 1. The molecule has 2 aliphatic carbocycles. The molecule has 1 atom stereocenters. The summed E-state index contributed by atoms with van der Waals surface area (Å²) in [6, 6.07) is 2.58. The first-order chi connectivity index (χ1) is 7.34. The van der Waals surface area contributed by atoms with Gasteiger partial charge in [0.1, 0.15) is 0 Å². The summed E-state index contributed by atoms with van der Waals surface area (Å²) in [6.45, 7) is 0. The van der Waals surface area contributed by atoms with E-state index in [1.54, 1.807) is 0 Å². The lowest BCUT2D eigenvalue weighted by molar-refractivity contribution is 0.543. The van der Waals surface area contributed by atoms with Crippen molar-refractivity contribution >= 4 is 0 Å². The van der Waals surface area contributed by atoms with Crippen LogP contribution in [0.2, 0.25) is 0 Å². The minimum Gasteiger partial charge on any atom is -0.323 e. The average molecular weight is 202 g/mol. The van der Waals surface area contributed by atoms with Crippen molar-refractivity contribution in [3.63, 3.8) is 0 Å². The Labute approximate surface area is 90.9 Å². The summed E-state index contributed by atoms with van der Waals surface area (Å²) in [5, 5.41) is 0. The number of hydrogen-bond acceptors (Lipinski definition) is 2. The van der Waals surface area contributed by atoms with Crippen LogP contribution in [0.4, 0.5) is 0 Å². The Hall–Kier alpha value is -0.890. The zero-order valence-corrected chi connectivity index (χ0v) is 9.13. The van der Waals surface area contributed by atoms with Gasteiger partial charge in [-0.3, -0.25) is 4.98 Å². The lowest BCUT2D eigenvalue weighted by atomic mass is 9.87. The second kappa shape index (κ2) is 3.60. The number of hydrogen-bond donors (Lipinski definition) is 1. The van der Waals surface area contributed by atoms with Crippen LogP contribution in [-0.2, 0) is 19.3 Å². The maximum absolute atomic E-state index is 6.12. The molecule has 2 aliphatic rings. The van der Waals surface area contributed by atoms with Gasteiger partial charge in [0.25, 0.3) is 0 Å². The minimum atomic E-state index is 0.195. The van der Waals surface area contributed by atoms with Gasteiger partial charge in [-0.1, -0.05) is 6.07 Å². The van der Waals surface area contributed by atoms with Gasteiger partial charge in [0.15, 0.2) is 0 Å². The SMILES string of the molecule is NC1CCCc2cc3c(nc21)CCCC3. The molecule has 0 fully saturated rings. The highest BCUT2D eigenvalue weighted by atomic mass is 14.8. The molecule has 0 bridgehead atoms.